The van der Waals surface area contributed by atoms with Crippen LogP contribution in [0.15, 0.2) is 41.4 Å². The fourth-order valence-electron chi connectivity index (χ4n) is 2.85. The van der Waals surface area contributed by atoms with Crippen LogP contribution in [0.5, 0.6) is 0 Å². The molecule has 1 aliphatic heterocycles. The van der Waals surface area contributed by atoms with Crippen LogP contribution in [0.1, 0.15) is 34.9 Å². The maximum absolute atomic E-state index is 12.2. The van der Waals surface area contributed by atoms with Crippen molar-refractivity contribution in [3.63, 3.8) is 0 Å². The molecular formula is C17H22N4O3S. The Balaban J connectivity index is 1.58. The Morgan fingerprint density at radius 2 is 2.08 bits per heavy atom. The van der Waals surface area contributed by atoms with Crippen LogP contribution in [0.2, 0.25) is 0 Å². The number of carbonyl (C=O) groups excluding carboxylic acids is 1. The molecule has 1 aromatic heterocycles. The number of carbonyl (C=O) groups is 1. The lowest BCUT2D eigenvalue weighted by atomic mass is 10.1. The Hall–Kier alpha value is -2.19. The lowest BCUT2D eigenvalue weighted by molar-refractivity contribution is 0.0944. The van der Waals surface area contributed by atoms with Crippen molar-refractivity contribution in [2.75, 3.05) is 19.3 Å². The molecule has 1 aromatic carbocycles. The van der Waals surface area contributed by atoms with Gasteiger partial charge in [0.2, 0.25) is 0 Å². The summed E-state index contributed by atoms with van der Waals surface area (Å²) in [5, 5.41) is 10.5. The van der Waals surface area contributed by atoms with Crippen LogP contribution in [0.4, 0.5) is 0 Å². The van der Waals surface area contributed by atoms with Crippen molar-refractivity contribution in [1.29, 1.82) is 0 Å². The minimum atomic E-state index is -3.21. The van der Waals surface area contributed by atoms with E-state index in [2.05, 4.69) is 15.7 Å². The number of amides is 1. The van der Waals surface area contributed by atoms with Crippen LogP contribution in [-0.2, 0) is 16.4 Å². The smallest absolute Gasteiger partial charge is 0.272 e. The first-order valence-electron chi connectivity index (χ1n) is 8.26. The van der Waals surface area contributed by atoms with Gasteiger partial charge in [-0.2, -0.15) is 5.10 Å². The Morgan fingerprint density at radius 1 is 1.32 bits per heavy atom. The third kappa shape index (κ3) is 4.46. The molecule has 0 bridgehead atoms. The van der Waals surface area contributed by atoms with Crippen molar-refractivity contribution in [2.45, 2.75) is 30.3 Å². The molecule has 1 aliphatic rings. The average Bonchev–Trinajstić information content (AvgIpc) is 3.10. The number of hydrogen-bond acceptors (Lipinski definition) is 5. The fraction of sp³-hybridized carbons (Fsp3) is 0.412. The molecular weight excluding hydrogens is 340 g/mol. The number of aromatic nitrogens is 2. The van der Waals surface area contributed by atoms with Gasteiger partial charge in [0, 0.05) is 25.5 Å². The molecule has 1 atom stereocenters. The van der Waals surface area contributed by atoms with Gasteiger partial charge in [0.15, 0.2) is 9.84 Å². The molecule has 1 amide bonds. The Labute approximate surface area is 147 Å². The first kappa shape index (κ1) is 17.6. The molecule has 1 saturated heterocycles. The van der Waals surface area contributed by atoms with Gasteiger partial charge in [0.05, 0.1) is 10.9 Å². The molecule has 134 valence electrons. The monoisotopic (exact) mass is 362 g/mol. The topological polar surface area (TPSA) is 93.1 Å². The number of nitrogens with zero attached hydrogens (tertiary/aromatic N) is 2. The van der Waals surface area contributed by atoms with Crippen molar-refractivity contribution >= 4 is 15.7 Å². The van der Waals surface area contributed by atoms with E-state index < -0.39 is 9.84 Å². The Bertz CT molecular complexity index is 837. The third-order valence-electron chi connectivity index (χ3n) is 4.29. The van der Waals surface area contributed by atoms with E-state index in [4.69, 9.17) is 0 Å². The van der Waals surface area contributed by atoms with Gasteiger partial charge in [-0.3, -0.25) is 9.48 Å². The predicted molar refractivity (Wildman–Crippen MR) is 94.1 cm³/mol. The minimum Gasteiger partial charge on any atom is -0.347 e. The molecule has 2 N–H and O–H groups in total. The Morgan fingerprint density at radius 3 is 2.72 bits per heavy atom. The number of rotatable bonds is 5. The molecule has 0 aliphatic carbocycles. The summed E-state index contributed by atoms with van der Waals surface area (Å²) in [5.74, 6) is -0.241. The molecule has 1 fully saturated rings. The molecule has 8 heteroatoms. The molecule has 0 radical (unpaired) electrons. The number of nitrogens with one attached hydrogen (secondary N) is 2. The molecule has 3 rings (SSSR count). The first-order chi connectivity index (χ1) is 11.9. The lowest BCUT2D eigenvalue weighted by Gasteiger charge is -2.22. The highest BCUT2D eigenvalue weighted by Crippen LogP contribution is 2.16. The fourth-order valence-corrected chi connectivity index (χ4v) is 3.48. The normalized spacial score (nSPS) is 18.0. The van der Waals surface area contributed by atoms with Gasteiger partial charge in [-0.25, -0.2) is 8.42 Å². The standard InChI is InChI=1S/C17H22N4O3S/c1-25(23,24)15-6-4-13(5-7-15)11-19-17(22)16-8-10-21(20-16)14-3-2-9-18-12-14/h4-8,10,14,18H,2-3,9,11-12H2,1H3,(H,19,22). The van der Waals surface area contributed by atoms with Gasteiger partial charge in [-0.15, -0.1) is 0 Å². The van der Waals surface area contributed by atoms with Crippen molar-refractivity contribution in [3.05, 3.63) is 47.8 Å². The molecule has 2 heterocycles. The van der Waals surface area contributed by atoms with Crippen LogP contribution < -0.4 is 10.6 Å². The predicted octanol–water partition coefficient (Wildman–Crippen LogP) is 1.14. The Kier molecular flexibility index (Phi) is 5.19. The molecule has 25 heavy (non-hydrogen) atoms. The highest BCUT2D eigenvalue weighted by atomic mass is 32.2. The van der Waals surface area contributed by atoms with Crippen molar-refractivity contribution in [2.24, 2.45) is 0 Å². The highest BCUT2D eigenvalue weighted by molar-refractivity contribution is 7.90. The zero-order valence-electron chi connectivity index (χ0n) is 14.1. The molecule has 1 unspecified atom stereocenters. The van der Waals surface area contributed by atoms with Crippen molar-refractivity contribution in [1.82, 2.24) is 20.4 Å². The van der Waals surface area contributed by atoms with Gasteiger partial charge < -0.3 is 10.6 Å². The second-order valence-corrected chi connectivity index (χ2v) is 8.30. The summed E-state index contributed by atoms with van der Waals surface area (Å²) in [7, 11) is -3.21. The van der Waals surface area contributed by atoms with Crippen LogP contribution in [0.3, 0.4) is 0 Å². The van der Waals surface area contributed by atoms with E-state index in [9.17, 15) is 13.2 Å². The number of sulfone groups is 1. The van der Waals surface area contributed by atoms with E-state index in [-0.39, 0.29) is 10.8 Å². The largest absolute Gasteiger partial charge is 0.347 e. The van der Waals surface area contributed by atoms with E-state index in [0.29, 0.717) is 18.3 Å². The summed E-state index contributed by atoms with van der Waals surface area (Å²) in [6.45, 7) is 2.22. The second kappa shape index (κ2) is 7.37. The first-order valence-corrected chi connectivity index (χ1v) is 10.2. The van der Waals surface area contributed by atoms with E-state index >= 15 is 0 Å². The van der Waals surface area contributed by atoms with E-state index in [1.165, 1.54) is 6.26 Å². The zero-order chi connectivity index (χ0) is 17.9. The highest BCUT2D eigenvalue weighted by Gasteiger charge is 2.17. The summed E-state index contributed by atoms with van der Waals surface area (Å²) in [6.07, 6.45) is 5.17. The molecule has 7 nitrogen and oxygen atoms in total. The number of hydrogen-bond donors (Lipinski definition) is 2. The maximum atomic E-state index is 12.2. The summed E-state index contributed by atoms with van der Waals surface area (Å²) < 4.78 is 24.7. The molecule has 0 spiro atoms. The van der Waals surface area contributed by atoms with Crippen LogP contribution in [0.25, 0.3) is 0 Å². The summed E-state index contributed by atoms with van der Waals surface area (Å²) in [6, 6.07) is 8.49. The summed E-state index contributed by atoms with van der Waals surface area (Å²) in [4.78, 5) is 12.5. The van der Waals surface area contributed by atoms with Gasteiger partial charge in [0.25, 0.3) is 5.91 Å². The van der Waals surface area contributed by atoms with E-state index in [1.54, 1.807) is 30.3 Å². The summed E-state index contributed by atoms with van der Waals surface area (Å²) >= 11 is 0. The number of piperidine rings is 1. The average molecular weight is 362 g/mol. The summed E-state index contributed by atoms with van der Waals surface area (Å²) in [5.41, 5.74) is 1.22. The van der Waals surface area contributed by atoms with Gasteiger partial charge in [0.1, 0.15) is 5.69 Å². The van der Waals surface area contributed by atoms with Crippen molar-refractivity contribution in [3.8, 4) is 0 Å². The van der Waals surface area contributed by atoms with E-state index in [1.807, 2.05) is 10.9 Å². The van der Waals surface area contributed by atoms with Crippen LogP contribution in [-0.4, -0.2) is 43.5 Å². The number of benzene rings is 1. The maximum Gasteiger partial charge on any atom is 0.272 e. The SMILES string of the molecule is CS(=O)(=O)c1ccc(CNC(=O)c2ccn(C3CCCNC3)n2)cc1. The van der Waals surface area contributed by atoms with Gasteiger partial charge in [-0.1, -0.05) is 12.1 Å². The second-order valence-electron chi connectivity index (χ2n) is 6.28. The van der Waals surface area contributed by atoms with Gasteiger partial charge >= 0.3 is 0 Å². The van der Waals surface area contributed by atoms with Crippen LogP contribution >= 0.6 is 0 Å². The zero-order valence-corrected chi connectivity index (χ0v) is 14.9. The molecule has 0 saturated carbocycles. The van der Waals surface area contributed by atoms with Crippen molar-refractivity contribution < 1.29 is 13.2 Å². The quantitative estimate of drug-likeness (QED) is 0.832. The molecule has 2 aromatic rings. The minimum absolute atomic E-state index is 0.241. The van der Waals surface area contributed by atoms with E-state index in [0.717, 1.165) is 31.5 Å². The van der Waals surface area contributed by atoms with Gasteiger partial charge in [-0.05, 0) is 43.1 Å². The third-order valence-corrected chi connectivity index (χ3v) is 5.42. The lowest BCUT2D eigenvalue weighted by Crippen LogP contribution is -2.32. The van der Waals surface area contributed by atoms with Crippen LogP contribution in [0, 0.1) is 0 Å².